The highest BCUT2D eigenvalue weighted by atomic mass is 127. The van der Waals surface area contributed by atoms with Gasteiger partial charge in [0, 0.05) is 44.5 Å². The maximum atomic E-state index is 4.75. The maximum absolute atomic E-state index is 4.75. The lowest BCUT2D eigenvalue weighted by molar-refractivity contribution is 0.632. The van der Waals surface area contributed by atoms with Crippen LogP contribution in [-0.2, 0) is 6.42 Å². The zero-order valence-electron chi connectivity index (χ0n) is 13.6. The molecule has 0 amide bonds. The van der Waals surface area contributed by atoms with Gasteiger partial charge in [0.2, 0.25) is 0 Å². The minimum atomic E-state index is 0. The normalized spacial score (nSPS) is 18.3. The lowest BCUT2D eigenvalue weighted by Gasteiger charge is -2.16. The third-order valence-electron chi connectivity index (χ3n) is 4.16. The van der Waals surface area contributed by atoms with Crippen LogP contribution in [0.4, 0.5) is 5.13 Å². The molecule has 0 aromatic carbocycles. The molecule has 128 valence electrons. The molecular weight excluding hydrogens is 421 g/mol. The van der Waals surface area contributed by atoms with Gasteiger partial charge in [0.25, 0.3) is 0 Å². The van der Waals surface area contributed by atoms with Gasteiger partial charge in [-0.15, -0.1) is 35.3 Å². The van der Waals surface area contributed by atoms with E-state index >= 15 is 0 Å². The van der Waals surface area contributed by atoms with Crippen LogP contribution in [0.5, 0.6) is 0 Å². The summed E-state index contributed by atoms with van der Waals surface area (Å²) in [7, 11) is 1.83. The van der Waals surface area contributed by atoms with E-state index in [1.807, 2.05) is 7.05 Å². The van der Waals surface area contributed by atoms with Crippen molar-refractivity contribution < 1.29 is 0 Å². The molecule has 2 heterocycles. The second-order valence-corrected chi connectivity index (χ2v) is 6.69. The molecule has 7 heteroatoms. The summed E-state index contributed by atoms with van der Waals surface area (Å²) >= 11 is 1.77. The third-order valence-corrected chi connectivity index (χ3v) is 5.11. The average Bonchev–Trinajstić information content (AvgIpc) is 3.27. The van der Waals surface area contributed by atoms with Crippen molar-refractivity contribution in [2.45, 2.75) is 38.1 Å². The fourth-order valence-electron chi connectivity index (χ4n) is 2.90. The molecule has 1 aliphatic heterocycles. The number of anilines is 1. The van der Waals surface area contributed by atoms with E-state index in [0.717, 1.165) is 44.9 Å². The van der Waals surface area contributed by atoms with E-state index in [0.29, 0.717) is 6.04 Å². The Morgan fingerprint density at radius 3 is 2.78 bits per heavy atom. The van der Waals surface area contributed by atoms with Crippen LogP contribution in [0.2, 0.25) is 0 Å². The number of aliphatic imine (C=N–C) groups is 1. The van der Waals surface area contributed by atoms with Gasteiger partial charge < -0.3 is 15.5 Å². The van der Waals surface area contributed by atoms with Crippen molar-refractivity contribution in [1.82, 2.24) is 15.6 Å². The molecule has 1 aromatic heterocycles. The Labute approximate surface area is 159 Å². The zero-order chi connectivity index (χ0) is 15.2. The number of thiazole rings is 1. The SMILES string of the molecule is CN=C(NCCc1csc(N2CCCC2)n1)NC1CC=CC1.I. The van der Waals surface area contributed by atoms with Crippen LogP contribution >= 0.6 is 35.3 Å². The van der Waals surface area contributed by atoms with Crippen molar-refractivity contribution in [2.75, 3.05) is 31.6 Å². The van der Waals surface area contributed by atoms with Crippen molar-refractivity contribution >= 4 is 46.4 Å². The highest BCUT2D eigenvalue weighted by Crippen LogP contribution is 2.24. The summed E-state index contributed by atoms with van der Waals surface area (Å²) in [5.41, 5.74) is 1.18. The number of hydrogen-bond acceptors (Lipinski definition) is 4. The number of aromatic nitrogens is 1. The molecule has 0 unspecified atom stereocenters. The van der Waals surface area contributed by atoms with Crippen LogP contribution in [0, 0.1) is 0 Å². The molecule has 0 spiro atoms. The van der Waals surface area contributed by atoms with E-state index < -0.39 is 0 Å². The molecule has 1 aromatic rings. The molecule has 23 heavy (non-hydrogen) atoms. The predicted molar refractivity (Wildman–Crippen MR) is 109 cm³/mol. The van der Waals surface area contributed by atoms with Crippen molar-refractivity contribution in [2.24, 2.45) is 4.99 Å². The van der Waals surface area contributed by atoms with E-state index in [1.165, 1.54) is 23.7 Å². The predicted octanol–water partition coefficient (Wildman–Crippen LogP) is 2.79. The Hall–Kier alpha value is -0.830. The first-order valence-corrected chi connectivity index (χ1v) is 9.04. The molecule has 2 N–H and O–H groups in total. The van der Waals surface area contributed by atoms with Gasteiger partial charge in [-0.05, 0) is 25.7 Å². The van der Waals surface area contributed by atoms with Gasteiger partial charge in [0.15, 0.2) is 11.1 Å². The summed E-state index contributed by atoms with van der Waals surface area (Å²) in [5.74, 6) is 0.892. The number of guanidine groups is 1. The van der Waals surface area contributed by atoms with Gasteiger partial charge in [0.05, 0.1) is 5.69 Å². The van der Waals surface area contributed by atoms with Crippen LogP contribution in [0.3, 0.4) is 0 Å². The molecule has 1 aliphatic carbocycles. The van der Waals surface area contributed by atoms with Gasteiger partial charge >= 0.3 is 0 Å². The van der Waals surface area contributed by atoms with Crippen LogP contribution in [-0.4, -0.2) is 43.7 Å². The number of hydrogen-bond donors (Lipinski definition) is 2. The van der Waals surface area contributed by atoms with E-state index in [2.05, 4.69) is 38.1 Å². The summed E-state index contributed by atoms with van der Waals surface area (Å²) in [5, 5.41) is 10.2. The standard InChI is InChI=1S/C16H25N5S.HI/c1-17-15(19-13-6-2-3-7-13)18-9-8-14-12-22-16(20-14)21-10-4-5-11-21;/h2-3,12-13H,4-11H2,1H3,(H2,17,18,19);1H. The lowest BCUT2D eigenvalue weighted by atomic mass is 10.2. The zero-order valence-corrected chi connectivity index (χ0v) is 16.8. The minimum absolute atomic E-state index is 0. The molecule has 0 saturated carbocycles. The smallest absolute Gasteiger partial charge is 0.191 e. The molecule has 0 radical (unpaired) electrons. The largest absolute Gasteiger partial charge is 0.356 e. The maximum Gasteiger partial charge on any atom is 0.191 e. The first-order valence-electron chi connectivity index (χ1n) is 8.16. The second kappa shape index (κ2) is 9.46. The summed E-state index contributed by atoms with van der Waals surface area (Å²) in [6.07, 6.45) is 10.2. The number of nitrogens with zero attached hydrogens (tertiary/aromatic N) is 3. The van der Waals surface area contributed by atoms with Crippen LogP contribution in [0.25, 0.3) is 0 Å². The van der Waals surface area contributed by atoms with Crippen LogP contribution in [0.15, 0.2) is 22.5 Å². The summed E-state index contributed by atoms with van der Waals surface area (Å²) < 4.78 is 0. The van der Waals surface area contributed by atoms with E-state index in [4.69, 9.17) is 4.98 Å². The van der Waals surface area contributed by atoms with Crippen molar-refractivity contribution in [3.05, 3.63) is 23.2 Å². The second-order valence-electron chi connectivity index (χ2n) is 5.85. The van der Waals surface area contributed by atoms with Gasteiger partial charge in [-0.1, -0.05) is 12.2 Å². The molecule has 1 saturated heterocycles. The molecule has 1 fully saturated rings. The molecule has 0 atom stereocenters. The number of rotatable bonds is 5. The Morgan fingerprint density at radius 1 is 1.35 bits per heavy atom. The van der Waals surface area contributed by atoms with Gasteiger partial charge in [-0.3, -0.25) is 4.99 Å². The number of halogens is 1. The van der Waals surface area contributed by atoms with Gasteiger partial charge in [-0.25, -0.2) is 4.98 Å². The van der Waals surface area contributed by atoms with Crippen LogP contribution in [0.1, 0.15) is 31.4 Å². The van der Waals surface area contributed by atoms with Crippen molar-refractivity contribution in [1.29, 1.82) is 0 Å². The topological polar surface area (TPSA) is 52.6 Å². The minimum Gasteiger partial charge on any atom is -0.356 e. The highest BCUT2D eigenvalue weighted by molar-refractivity contribution is 14.0. The van der Waals surface area contributed by atoms with E-state index in [9.17, 15) is 0 Å². The average molecular weight is 447 g/mol. The molecular formula is C16H26IN5S. The third kappa shape index (κ3) is 5.34. The highest BCUT2D eigenvalue weighted by Gasteiger charge is 2.15. The van der Waals surface area contributed by atoms with Crippen molar-refractivity contribution in [3.8, 4) is 0 Å². The molecule has 3 rings (SSSR count). The summed E-state index contributed by atoms with van der Waals surface area (Å²) in [4.78, 5) is 11.4. The summed E-state index contributed by atoms with van der Waals surface area (Å²) in [6, 6.07) is 0.493. The first kappa shape index (κ1) is 18.5. The first-order chi connectivity index (χ1) is 10.8. The van der Waals surface area contributed by atoms with Crippen LogP contribution < -0.4 is 15.5 Å². The van der Waals surface area contributed by atoms with E-state index in [-0.39, 0.29) is 24.0 Å². The summed E-state index contributed by atoms with van der Waals surface area (Å²) in [6.45, 7) is 3.19. The Kier molecular flexibility index (Phi) is 7.61. The number of nitrogens with one attached hydrogen (secondary N) is 2. The van der Waals surface area contributed by atoms with E-state index in [1.54, 1.807) is 11.3 Å². The molecule has 0 bridgehead atoms. The molecule has 2 aliphatic rings. The Balaban J connectivity index is 0.00000192. The monoisotopic (exact) mass is 447 g/mol. The fourth-order valence-corrected chi connectivity index (χ4v) is 3.81. The fraction of sp³-hybridized carbons (Fsp3) is 0.625. The Morgan fingerprint density at radius 2 is 2.09 bits per heavy atom. The van der Waals surface area contributed by atoms with Gasteiger partial charge in [-0.2, -0.15) is 0 Å². The van der Waals surface area contributed by atoms with Crippen molar-refractivity contribution in [3.63, 3.8) is 0 Å². The molecule has 5 nitrogen and oxygen atoms in total. The Bertz CT molecular complexity index is 528. The lowest BCUT2D eigenvalue weighted by Crippen LogP contribution is -2.43. The van der Waals surface area contributed by atoms with Gasteiger partial charge in [0.1, 0.15) is 0 Å². The quantitative estimate of drug-likeness (QED) is 0.316.